The highest BCUT2D eigenvalue weighted by Crippen LogP contribution is 2.15. The first kappa shape index (κ1) is 12.1. The zero-order valence-electron chi connectivity index (χ0n) is 10.3. The van der Waals surface area contributed by atoms with Crippen molar-refractivity contribution in [2.24, 2.45) is 0 Å². The second-order valence-electron chi connectivity index (χ2n) is 4.00. The molecule has 0 aliphatic heterocycles. The Bertz CT molecular complexity index is 470. The molecular weight excluding hydrogens is 232 g/mol. The van der Waals surface area contributed by atoms with Crippen LogP contribution in [0.3, 0.4) is 0 Å². The van der Waals surface area contributed by atoms with Crippen LogP contribution in [0.4, 0.5) is 0 Å². The van der Waals surface area contributed by atoms with Gasteiger partial charge in [0, 0.05) is 30.4 Å². The highest BCUT2D eigenvalue weighted by atomic mass is 32.1. The minimum atomic E-state index is 0.727. The van der Waals surface area contributed by atoms with E-state index in [1.54, 1.807) is 23.7 Å². The number of nitrogens with one attached hydrogen (secondary N) is 1. The first-order valence-corrected chi connectivity index (χ1v) is 6.38. The average Bonchev–Trinajstić information content (AvgIpc) is 2.61. The van der Waals surface area contributed by atoms with Crippen molar-refractivity contribution in [2.75, 3.05) is 0 Å². The van der Waals surface area contributed by atoms with Crippen LogP contribution in [0.1, 0.15) is 27.0 Å². The van der Waals surface area contributed by atoms with Crippen molar-refractivity contribution in [2.45, 2.75) is 33.9 Å². The van der Waals surface area contributed by atoms with Gasteiger partial charge in [0.15, 0.2) is 0 Å². The van der Waals surface area contributed by atoms with E-state index in [1.807, 2.05) is 13.8 Å². The van der Waals surface area contributed by atoms with Crippen molar-refractivity contribution in [3.8, 4) is 0 Å². The van der Waals surface area contributed by atoms with Crippen molar-refractivity contribution in [1.29, 1.82) is 0 Å². The Morgan fingerprint density at radius 1 is 1.12 bits per heavy atom. The fourth-order valence-electron chi connectivity index (χ4n) is 1.42. The van der Waals surface area contributed by atoms with Gasteiger partial charge in [0.25, 0.3) is 0 Å². The van der Waals surface area contributed by atoms with Crippen LogP contribution in [0, 0.1) is 20.8 Å². The zero-order chi connectivity index (χ0) is 12.3. The van der Waals surface area contributed by atoms with E-state index in [1.165, 1.54) is 4.88 Å². The lowest BCUT2D eigenvalue weighted by molar-refractivity contribution is 0.672. The lowest BCUT2D eigenvalue weighted by Gasteiger charge is -2.01. The van der Waals surface area contributed by atoms with E-state index in [0.717, 1.165) is 35.2 Å². The molecule has 2 rings (SSSR count). The van der Waals surface area contributed by atoms with Gasteiger partial charge < -0.3 is 5.32 Å². The van der Waals surface area contributed by atoms with Gasteiger partial charge in [0.2, 0.25) is 0 Å². The lowest BCUT2D eigenvalue weighted by atomic mass is 10.4. The number of hydrogen-bond donors (Lipinski definition) is 1. The van der Waals surface area contributed by atoms with Gasteiger partial charge in [-0.25, -0.2) is 4.98 Å². The first-order valence-electron chi connectivity index (χ1n) is 5.56. The SMILES string of the molecule is Cc1cnc(CNCc2nc(C)c(C)s2)cn1. The zero-order valence-corrected chi connectivity index (χ0v) is 11.1. The van der Waals surface area contributed by atoms with Crippen LogP contribution in [-0.2, 0) is 13.1 Å². The number of rotatable bonds is 4. The van der Waals surface area contributed by atoms with Crippen LogP contribution >= 0.6 is 11.3 Å². The molecule has 2 aromatic heterocycles. The van der Waals surface area contributed by atoms with Crippen LogP contribution in [0.5, 0.6) is 0 Å². The third kappa shape index (κ3) is 3.31. The lowest BCUT2D eigenvalue weighted by Crippen LogP contribution is -2.13. The summed E-state index contributed by atoms with van der Waals surface area (Å²) in [5.74, 6) is 0. The summed E-state index contributed by atoms with van der Waals surface area (Å²) < 4.78 is 0. The Hall–Kier alpha value is -1.33. The molecule has 0 amide bonds. The summed E-state index contributed by atoms with van der Waals surface area (Å²) in [6, 6.07) is 0. The predicted molar refractivity (Wildman–Crippen MR) is 68.9 cm³/mol. The number of aromatic nitrogens is 3. The molecule has 2 heterocycles. The van der Waals surface area contributed by atoms with Gasteiger partial charge in [0.1, 0.15) is 5.01 Å². The van der Waals surface area contributed by atoms with Gasteiger partial charge in [-0.2, -0.15) is 0 Å². The second kappa shape index (κ2) is 5.33. The summed E-state index contributed by atoms with van der Waals surface area (Å²) in [6.45, 7) is 7.59. The molecule has 0 saturated carbocycles. The van der Waals surface area contributed by atoms with Crippen molar-refractivity contribution in [3.05, 3.63) is 39.4 Å². The van der Waals surface area contributed by atoms with Crippen molar-refractivity contribution < 1.29 is 0 Å². The minimum absolute atomic E-state index is 0.727. The monoisotopic (exact) mass is 248 g/mol. The summed E-state index contributed by atoms with van der Waals surface area (Å²) >= 11 is 1.74. The van der Waals surface area contributed by atoms with Crippen LogP contribution in [0.15, 0.2) is 12.4 Å². The van der Waals surface area contributed by atoms with E-state index in [0.29, 0.717) is 0 Å². The van der Waals surface area contributed by atoms with Gasteiger partial charge in [-0.05, 0) is 20.8 Å². The largest absolute Gasteiger partial charge is 0.305 e. The molecule has 0 aliphatic rings. The molecule has 17 heavy (non-hydrogen) atoms. The third-order valence-corrected chi connectivity index (χ3v) is 3.56. The normalized spacial score (nSPS) is 10.8. The predicted octanol–water partition coefficient (Wildman–Crippen LogP) is 2.15. The highest BCUT2D eigenvalue weighted by molar-refractivity contribution is 7.11. The summed E-state index contributed by atoms with van der Waals surface area (Å²) in [5.41, 5.74) is 3.03. The molecule has 0 unspecified atom stereocenters. The maximum absolute atomic E-state index is 4.48. The average molecular weight is 248 g/mol. The van der Waals surface area contributed by atoms with Crippen LogP contribution in [0.25, 0.3) is 0 Å². The number of aryl methyl sites for hydroxylation is 3. The van der Waals surface area contributed by atoms with Gasteiger partial charge in [-0.15, -0.1) is 11.3 Å². The molecule has 0 radical (unpaired) electrons. The van der Waals surface area contributed by atoms with Crippen LogP contribution in [0.2, 0.25) is 0 Å². The number of thiazole rings is 1. The maximum atomic E-state index is 4.48. The standard InChI is InChI=1S/C12H16N4S/c1-8-4-15-11(6-14-8)5-13-7-12-16-9(2)10(3)17-12/h4,6,13H,5,7H2,1-3H3. The van der Waals surface area contributed by atoms with E-state index in [-0.39, 0.29) is 0 Å². The molecule has 4 nitrogen and oxygen atoms in total. The summed E-state index contributed by atoms with van der Waals surface area (Å²) in [7, 11) is 0. The molecule has 0 aliphatic carbocycles. The maximum Gasteiger partial charge on any atom is 0.107 e. The van der Waals surface area contributed by atoms with Gasteiger partial charge in [-0.3, -0.25) is 9.97 Å². The van der Waals surface area contributed by atoms with Crippen molar-refractivity contribution in [3.63, 3.8) is 0 Å². The first-order chi connectivity index (χ1) is 8.15. The molecule has 0 atom stereocenters. The Morgan fingerprint density at radius 3 is 2.53 bits per heavy atom. The van der Waals surface area contributed by atoms with E-state index >= 15 is 0 Å². The summed E-state index contributed by atoms with van der Waals surface area (Å²) in [5, 5.41) is 4.45. The molecular formula is C12H16N4S. The Balaban J connectivity index is 1.85. The van der Waals surface area contributed by atoms with E-state index < -0.39 is 0 Å². The number of hydrogen-bond acceptors (Lipinski definition) is 5. The van der Waals surface area contributed by atoms with Crippen molar-refractivity contribution >= 4 is 11.3 Å². The van der Waals surface area contributed by atoms with Crippen molar-refractivity contribution in [1.82, 2.24) is 20.3 Å². The van der Waals surface area contributed by atoms with E-state index in [4.69, 9.17) is 0 Å². The third-order valence-electron chi connectivity index (χ3n) is 2.49. The fraction of sp³-hybridized carbons (Fsp3) is 0.417. The topological polar surface area (TPSA) is 50.7 Å². The summed E-state index contributed by atoms with van der Waals surface area (Å²) in [4.78, 5) is 14.3. The smallest absolute Gasteiger partial charge is 0.107 e. The molecule has 2 aromatic rings. The molecule has 5 heteroatoms. The molecule has 0 spiro atoms. The summed E-state index contributed by atoms with van der Waals surface area (Å²) in [6.07, 6.45) is 3.59. The molecule has 0 saturated heterocycles. The molecule has 0 bridgehead atoms. The molecule has 0 fully saturated rings. The van der Waals surface area contributed by atoms with Crippen LogP contribution in [-0.4, -0.2) is 15.0 Å². The van der Waals surface area contributed by atoms with E-state index in [9.17, 15) is 0 Å². The van der Waals surface area contributed by atoms with Gasteiger partial charge in [-0.1, -0.05) is 0 Å². The fourth-order valence-corrected chi connectivity index (χ4v) is 2.33. The highest BCUT2D eigenvalue weighted by Gasteiger charge is 2.03. The molecule has 1 N–H and O–H groups in total. The Morgan fingerprint density at radius 2 is 1.94 bits per heavy atom. The van der Waals surface area contributed by atoms with Crippen LogP contribution < -0.4 is 5.32 Å². The quantitative estimate of drug-likeness (QED) is 0.900. The Kier molecular flexibility index (Phi) is 3.81. The second-order valence-corrected chi connectivity index (χ2v) is 5.29. The van der Waals surface area contributed by atoms with Gasteiger partial charge in [0.05, 0.1) is 17.1 Å². The van der Waals surface area contributed by atoms with Gasteiger partial charge >= 0.3 is 0 Å². The van der Waals surface area contributed by atoms with E-state index in [2.05, 4.69) is 27.2 Å². The Labute approximate surface area is 105 Å². The molecule has 0 aromatic carbocycles. The number of nitrogens with zero attached hydrogens (tertiary/aromatic N) is 3. The minimum Gasteiger partial charge on any atom is -0.305 e. The molecule has 90 valence electrons.